The molecule has 1 aromatic rings. The Morgan fingerprint density at radius 1 is 1.89 bits per heavy atom. The minimum absolute atomic E-state index is 0.557. The highest BCUT2D eigenvalue weighted by molar-refractivity contribution is 7.15. The van der Waals surface area contributed by atoms with Crippen LogP contribution in [0.15, 0.2) is 6.20 Å². The van der Waals surface area contributed by atoms with Crippen molar-refractivity contribution in [3.8, 4) is 0 Å². The number of nitrogens with zero attached hydrogens (tertiary/aromatic N) is 1. The molecule has 0 unspecified atom stereocenters. The van der Waals surface area contributed by atoms with Gasteiger partial charge in [0.05, 0.1) is 12.8 Å². The van der Waals surface area contributed by atoms with Crippen molar-refractivity contribution in [1.29, 1.82) is 0 Å². The van der Waals surface area contributed by atoms with Crippen molar-refractivity contribution in [1.82, 2.24) is 4.98 Å². The normalized spacial score (nSPS) is 9.89. The highest BCUT2D eigenvalue weighted by Crippen LogP contribution is 2.14. The zero-order valence-corrected chi connectivity index (χ0v) is 5.94. The summed E-state index contributed by atoms with van der Waals surface area (Å²) >= 11 is 1.45. The first-order valence-corrected chi connectivity index (χ1v) is 3.33. The molecule has 0 fully saturated rings. The summed E-state index contributed by atoms with van der Waals surface area (Å²) in [5, 5.41) is 1.66. The van der Waals surface area contributed by atoms with E-state index < -0.39 is 0 Å². The maximum atomic E-state index is 5.41. The Bertz CT molecular complexity index is 187. The second kappa shape index (κ2) is 2.80. The molecule has 0 saturated carbocycles. The highest BCUT2D eigenvalue weighted by Gasteiger charge is 1.95. The van der Waals surface area contributed by atoms with E-state index in [1.165, 1.54) is 11.3 Å². The van der Waals surface area contributed by atoms with E-state index in [1.807, 2.05) is 0 Å². The fourth-order valence-corrected chi connectivity index (χ4v) is 1.17. The van der Waals surface area contributed by atoms with Gasteiger partial charge in [-0.1, -0.05) is 11.3 Å². The van der Waals surface area contributed by atoms with Crippen LogP contribution in [-0.2, 0) is 11.3 Å². The number of hydrogen-bond donors (Lipinski definition) is 1. The standard InChI is InChI=1S/C5H8N2OS/c1-8-3-5-7-2-4(6)9-5/h2H,3,6H2,1H3. The van der Waals surface area contributed by atoms with Gasteiger partial charge in [0.15, 0.2) is 0 Å². The summed E-state index contributed by atoms with van der Waals surface area (Å²) in [6.07, 6.45) is 1.64. The number of rotatable bonds is 2. The van der Waals surface area contributed by atoms with Gasteiger partial charge in [0.1, 0.15) is 10.0 Å². The van der Waals surface area contributed by atoms with Crippen molar-refractivity contribution >= 4 is 16.3 Å². The number of anilines is 1. The Morgan fingerprint density at radius 2 is 2.67 bits per heavy atom. The van der Waals surface area contributed by atoms with Crippen LogP contribution >= 0.6 is 11.3 Å². The fraction of sp³-hybridized carbons (Fsp3) is 0.400. The van der Waals surface area contributed by atoms with Crippen LogP contribution in [0.1, 0.15) is 5.01 Å². The molecule has 50 valence electrons. The van der Waals surface area contributed by atoms with Gasteiger partial charge in [-0.25, -0.2) is 4.98 Å². The molecule has 1 rings (SSSR count). The molecular formula is C5H8N2OS. The second-order valence-electron chi connectivity index (χ2n) is 1.59. The van der Waals surface area contributed by atoms with E-state index in [0.29, 0.717) is 6.61 Å². The Labute approximate surface area is 57.5 Å². The van der Waals surface area contributed by atoms with Gasteiger partial charge in [-0.3, -0.25) is 0 Å². The summed E-state index contributed by atoms with van der Waals surface area (Å²) in [7, 11) is 1.64. The van der Waals surface area contributed by atoms with Crippen LogP contribution in [0.2, 0.25) is 0 Å². The average molecular weight is 144 g/mol. The van der Waals surface area contributed by atoms with E-state index in [-0.39, 0.29) is 0 Å². The molecule has 0 bridgehead atoms. The lowest BCUT2D eigenvalue weighted by molar-refractivity contribution is 0.184. The van der Waals surface area contributed by atoms with Crippen molar-refractivity contribution in [2.75, 3.05) is 12.8 Å². The van der Waals surface area contributed by atoms with Crippen LogP contribution in [0.25, 0.3) is 0 Å². The predicted octanol–water partition coefficient (Wildman–Crippen LogP) is 0.872. The molecule has 0 atom stereocenters. The molecule has 0 aliphatic rings. The number of thiazole rings is 1. The molecule has 9 heavy (non-hydrogen) atoms. The molecule has 0 saturated heterocycles. The van der Waals surface area contributed by atoms with Gasteiger partial charge < -0.3 is 10.5 Å². The number of methoxy groups -OCH3 is 1. The van der Waals surface area contributed by atoms with E-state index in [0.717, 1.165) is 10.0 Å². The molecule has 3 nitrogen and oxygen atoms in total. The number of nitrogens with two attached hydrogens (primary N) is 1. The largest absolute Gasteiger partial charge is 0.389 e. The Morgan fingerprint density at radius 3 is 3.11 bits per heavy atom. The zero-order chi connectivity index (χ0) is 6.69. The van der Waals surface area contributed by atoms with Crippen molar-refractivity contribution < 1.29 is 4.74 Å². The molecule has 1 heterocycles. The van der Waals surface area contributed by atoms with Crippen molar-refractivity contribution in [3.05, 3.63) is 11.2 Å². The van der Waals surface area contributed by atoms with Crippen molar-refractivity contribution in [2.45, 2.75) is 6.61 Å². The van der Waals surface area contributed by atoms with Crippen LogP contribution in [0.5, 0.6) is 0 Å². The van der Waals surface area contributed by atoms with Gasteiger partial charge in [-0.15, -0.1) is 0 Å². The quantitative estimate of drug-likeness (QED) is 0.670. The molecule has 0 radical (unpaired) electrons. The zero-order valence-electron chi connectivity index (χ0n) is 5.13. The predicted molar refractivity (Wildman–Crippen MR) is 37.2 cm³/mol. The van der Waals surface area contributed by atoms with Gasteiger partial charge in [0, 0.05) is 7.11 Å². The monoisotopic (exact) mass is 144 g/mol. The third-order valence-corrected chi connectivity index (χ3v) is 1.64. The average Bonchev–Trinajstić information content (AvgIpc) is 2.17. The topological polar surface area (TPSA) is 48.1 Å². The molecule has 0 amide bonds. The summed E-state index contributed by atoms with van der Waals surface area (Å²) in [4.78, 5) is 3.97. The Kier molecular flexibility index (Phi) is 2.02. The molecule has 0 aliphatic carbocycles. The number of ether oxygens (including phenoxy) is 1. The molecule has 0 spiro atoms. The molecule has 0 aromatic carbocycles. The minimum Gasteiger partial charge on any atom is -0.389 e. The third kappa shape index (κ3) is 1.65. The fourth-order valence-electron chi connectivity index (χ4n) is 0.515. The number of hydrogen-bond acceptors (Lipinski definition) is 4. The smallest absolute Gasteiger partial charge is 0.120 e. The molecule has 4 heteroatoms. The van der Waals surface area contributed by atoms with E-state index in [2.05, 4.69) is 4.98 Å². The first-order valence-electron chi connectivity index (χ1n) is 2.52. The van der Waals surface area contributed by atoms with Gasteiger partial charge in [-0.2, -0.15) is 0 Å². The Hall–Kier alpha value is -0.610. The first kappa shape index (κ1) is 6.51. The maximum Gasteiger partial charge on any atom is 0.120 e. The van der Waals surface area contributed by atoms with Crippen molar-refractivity contribution in [2.24, 2.45) is 0 Å². The number of aromatic nitrogens is 1. The maximum absolute atomic E-state index is 5.41. The summed E-state index contributed by atoms with van der Waals surface area (Å²) in [6.45, 7) is 0.557. The van der Waals surface area contributed by atoms with Crippen LogP contribution in [0, 0.1) is 0 Å². The van der Waals surface area contributed by atoms with E-state index in [4.69, 9.17) is 10.5 Å². The molecule has 1 aromatic heterocycles. The molecular weight excluding hydrogens is 136 g/mol. The summed E-state index contributed by atoms with van der Waals surface area (Å²) in [5.74, 6) is 0. The highest BCUT2D eigenvalue weighted by atomic mass is 32.1. The van der Waals surface area contributed by atoms with Gasteiger partial charge >= 0.3 is 0 Å². The van der Waals surface area contributed by atoms with E-state index in [1.54, 1.807) is 13.3 Å². The van der Waals surface area contributed by atoms with E-state index in [9.17, 15) is 0 Å². The SMILES string of the molecule is COCc1ncc(N)s1. The van der Waals surface area contributed by atoms with Crippen LogP contribution < -0.4 is 5.73 Å². The van der Waals surface area contributed by atoms with Crippen molar-refractivity contribution in [3.63, 3.8) is 0 Å². The lowest BCUT2D eigenvalue weighted by Gasteiger charge is -1.88. The summed E-state index contributed by atoms with van der Waals surface area (Å²) in [5.41, 5.74) is 5.41. The lowest BCUT2D eigenvalue weighted by atomic mass is 10.7. The summed E-state index contributed by atoms with van der Waals surface area (Å²) in [6, 6.07) is 0. The van der Waals surface area contributed by atoms with E-state index >= 15 is 0 Å². The third-order valence-electron chi connectivity index (χ3n) is 0.839. The van der Waals surface area contributed by atoms with Crippen LogP contribution in [0.3, 0.4) is 0 Å². The molecule has 0 aliphatic heterocycles. The van der Waals surface area contributed by atoms with Gasteiger partial charge in [0.25, 0.3) is 0 Å². The van der Waals surface area contributed by atoms with Gasteiger partial charge in [0.2, 0.25) is 0 Å². The lowest BCUT2D eigenvalue weighted by Crippen LogP contribution is -1.82. The number of nitrogen functional groups attached to an aromatic ring is 1. The molecule has 2 N–H and O–H groups in total. The van der Waals surface area contributed by atoms with Crippen LogP contribution in [-0.4, -0.2) is 12.1 Å². The Balaban J connectivity index is 2.61. The van der Waals surface area contributed by atoms with Crippen LogP contribution in [0.4, 0.5) is 5.00 Å². The van der Waals surface area contributed by atoms with Gasteiger partial charge in [-0.05, 0) is 0 Å². The second-order valence-corrected chi connectivity index (χ2v) is 2.74. The first-order chi connectivity index (χ1) is 4.33. The summed E-state index contributed by atoms with van der Waals surface area (Å²) < 4.78 is 4.83. The minimum atomic E-state index is 0.557.